The molecule has 1 aromatic heterocycles. The monoisotopic (exact) mass is 195 g/mol. The molecule has 0 bridgehead atoms. The third-order valence-electron chi connectivity index (χ3n) is 1.81. The van der Waals surface area contributed by atoms with Gasteiger partial charge in [0.15, 0.2) is 5.58 Å². The molecule has 1 heterocycles. The number of benzene rings is 1. The van der Waals surface area contributed by atoms with Gasteiger partial charge in [0.25, 0.3) is 0 Å². The van der Waals surface area contributed by atoms with Gasteiger partial charge >= 0.3 is 12.1 Å². The highest BCUT2D eigenvalue weighted by atomic mass is 19.1. The molecule has 2 rings (SSSR count). The standard InChI is InChI=1S/C9H6FNO3/c10-9-11-6-3-1-2-5(4-7(12)13)8(6)14-9/h1-3H,4H2,(H,12,13). The number of fused-ring (bicyclic) bond motifs is 1. The van der Waals surface area contributed by atoms with Crippen LogP contribution in [0.3, 0.4) is 0 Å². The van der Waals surface area contributed by atoms with Crippen LogP contribution in [0.25, 0.3) is 11.1 Å². The van der Waals surface area contributed by atoms with Gasteiger partial charge in [-0.3, -0.25) is 4.79 Å². The number of carboxylic acid groups (broad SMARTS) is 1. The lowest BCUT2D eigenvalue weighted by atomic mass is 10.1. The Hall–Kier alpha value is -1.91. The number of aromatic nitrogens is 1. The fourth-order valence-electron chi connectivity index (χ4n) is 1.28. The Balaban J connectivity index is 2.58. The predicted octanol–water partition coefficient (Wildman–Crippen LogP) is 1.59. The molecule has 0 aliphatic carbocycles. The van der Waals surface area contributed by atoms with Crippen LogP contribution in [0, 0.1) is 6.14 Å². The van der Waals surface area contributed by atoms with Crippen LogP contribution < -0.4 is 0 Å². The third-order valence-corrected chi connectivity index (χ3v) is 1.81. The number of aliphatic carboxylic acids is 1. The van der Waals surface area contributed by atoms with Gasteiger partial charge in [-0.1, -0.05) is 12.1 Å². The molecule has 0 spiro atoms. The van der Waals surface area contributed by atoms with Gasteiger partial charge in [0.05, 0.1) is 6.42 Å². The van der Waals surface area contributed by atoms with Crippen molar-refractivity contribution in [1.29, 1.82) is 0 Å². The van der Waals surface area contributed by atoms with Crippen LogP contribution >= 0.6 is 0 Å². The maximum absolute atomic E-state index is 12.6. The Morgan fingerprint density at radius 3 is 3.07 bits per heavy atom. The average molecular weight is 195 g/mol. The molecule has 14 heavy (non-hydrogen) atoms. The van der Waals surface area contributed by atoms with Crippen molar-refractivity contribution in [3.05, 3.63) is 29.9 Å². The van der Waals surface area contributed by atoms with Crippen molar-refractivity contribution >= 4 is 17.1 Å². The number of hydrogen-bond acceptors (Lipinski definition) is 3. The molecule has 0 unspecified atom stereocenters. The Kier molecular flexibility index (Phi) is 1.92. The van der Waals surface area contributed by atoms with Gasteiger partial charge in [0.2, 0.25) is 0 Å². The van der Waals surface area contributed by atoms with Crippen LogP contribution in [-0.2, 0) is 11.2 Å². The molecule has 1 N–H and O–H groups in total. The van der Waals surface area contributed by atoms with Gasteiger partial charge in [-0.15, -0.1) is 4.39 Å². The van der Waals surface area contributed by atoms with Gasteiger partial charge in [-0.25, -0.2) is 0 Å². The maximum atomic E-state index is 12.6. The molecule has 1 aromatic carbocycles. The summed E-state index contributed by atoms with van der Waals surface area (Å²) in [6.45, 7) is 0. The number of halogens is 1. The summed E-state index contributed by atoms with van der Waals surface area (Å²) in [4.78, 5) is 13.9. The van der Waals surface area contributed by atoms with E-state index in [1.54, 1.807) is 18.2 Å². The van der Waals surface area contributed by atoms with E-state index in [-0.39, 0.29) is 12.0 Å². The van der Waals surface area contributed by atoms with Crippen LogP contribution in [-0.4, -0.2) is 16.1 Å². The van der Waals surface area contributed by atoms with E-state index in [1.807, 2.05) is 0 Å². The van der Waals surface area contributed by atoms with E-state index in [9.17, 15) is 9.18 Å². The number of carboxylic acids is 1. The zero-order valence-electron chi connectivity index (χ0n) is 7.03. The normalized spacial score (nSPS) is 10.6. The summed E-state index contributed by atoms with van der Waals surface area (Å²) in [5.74, 6) is -0.991. The number of hydrogen-bond donors (Lipinski definition) is 1. The largest absolute Gasteiger partial charge is 0.481 e. The molecule has 4 nitrogen and oxygen atoms in total. The zero-order chi connectivity index (χ0) is 10.1. The van der Waals surface area contributed by atoms with Gasteiger partial charge in [-0.2, -0.15) is 4.98 Å². The number of carbonyl (C=O) groups is 1. The molecule has 0 amide bonds. The Bertz CT molecular complexity index is 492. The first-order valence-electron chi connectivity index (χ1n) is 3.92. The SMILES string of the molecule is O=C(O)Cc1cccc2nc(F)oc12. The summed E-state index contributed by atoms with van der Waals surface area (Å²) >= 11 is 0. The van der Waals surface area contributed by atoms with Crippen molar-refractivity contribution in [3.63, 3.8) is 0 Å². The predicted molar refractivity (Wildman–Crippen MR) is 45.3 cm³/mol. The fraction of sp³-hybridized carbons (Fsp3) is 0.111. The van der Waals surface area contributed by atoms with E-state index < -0.39 is 12.1 Å². The molecule has 0 saturated heterocycles. The molecular weight excluding hydrogens is 189 g/mol. The van der Waals surface area contributed by atoms with E-state index in [0.29, 0.717) is 11.1 Å². The second-order valence-electron chi connectivity index (χ2n) is 2.80. The molecular formula is C9H6FNO3. The van der Waals surface area contributed by atoms with Crippen LogP contribution in [0.1, 0.15) is 5.56 Å². The maximum Gasteiger partial charge on any atom is 0.382 e. The lowest BCUT2D eigenvalue weighted by Gasteiger charge is -1.95. The topological polar surface area (TPSA) is 63.3 Å². The van der Waals surface area contributed by atoms with Crippen LogP contribution in [0.2, 0.25) is 0 Å². The minimum Gasteiger partial charge on any atom is -0.481 e. The second-order valence-corrected chi connectivity index (χ2v) is 2.80. The van der Waals surface area contributed by atoms with E-state index in [4.69, 9.17) is 5.11 Å². The van der Waals surface area contributed by atoms with Crippen molar-refractivity contribution in [2.75, 3.05) is 0 Å². The quantitative estimate of drug-likeness (QED) is 0.790. The third kappa shape index (κ3) is 1.44. The molecule has 0 radical (unpaired) electrons. The lowest BCUT2D eigenvalue weighted by molar-refractivity contribution is -0.136. The summed E-state index contributed by atoms with van der Waals surface area (Å²) in [7, 11) is 0. The fourth-order valence-corrected chi connectivity index (χ4v) is 1.28. The molecule has 5 heteroatoms. The summed E-state index contributed by atoms with van der Waals surface area (Å²) < 4.78 is 17.3. The number of oxazole rings is 1. The molecule has 0 aliphatic heterocycles. The molecule has 2 aromatic rings. The molecule has 0 aliphatic rings. The summed E-state index contributed by atoms with van der Waals surface area (Å²) in [6, 6.07) is 4.75. The molecule has 72 valence electrons. The van der Waals surface area contributed by atoms with Crippen molar-refractivity contribution < 1.29 is 18.7 Å². The van der Waals surface area contributed by atoms with Gasteiger partial charge in [0.1, 0.15) is 5.52 Å². The second kappa shape index (κ2) is 3.10. The van der Waals surface area contributed by atoms with Crippen LogP contribution in [0.4, 0.5) is 4.39 Å². The minimum absolute atomic E-state index is 0.201. The van der Waals surface area contributed by atoms with Gasteiger partial charge < -0.3 is 9.52 Å². The highest BCUT2D eigenvalue weighted by Crippen LogP contribution is 2.19. The smallest absolute Gasteiger partial charge is 0.382 e. The molecule has 0 saturated carbocycles. The average Bonchev–Trinajstić information content (AvgIpc) is 2.45. The van der Waals surface area contributed by atoms with Crippen molar-refractivity contribution in [2.24, 2.45) is 0 Å². The summed E-state index contributed by atoms with van der Waals surface area (Å²) in [6.07, 6.45) is -1.15. The Morgan fingerprint density at radius 2 is 2.36 bits per heavy atom. The van der Waals surface area contributed by atoms with Crippen LogP contribution in [0.5, 0.6) is 0 Å². The summed E-state index contributed by atoms with van der Waals surface area (Å²) in [5, 5.41) is 8.58. The zero-order valence-corrected chi connectivity index (χ0v) is 7.03. The van der Waals surface area contributed by atoms with Gasteiger partial charge in [-0.05, 0) is 6.07 Å². The van der Waals surface area contributed by atoms with Crippen LogP contribution in [0.15, 0.2) is 22.6 Å². The van der Waals surface area contributed by atoms with Crippen molar-refractivity contribution in [2.45, 2.75) is 6.42 Å². The van der Waals surface area contributed by atoms with E-state index in [2.05, 4.69) is 9.40 Å². The highest BCUT2D eigenvalue weighted by molar-refractivity contribution is 5.81. The van der Waals surface area contributed by atoms with Crippen molar-refractivity contribution in [3.8, 4) is 0 Å². The lowest BCUT2D eigenvalue weighted by Crippen LogP contribution is -1.99. The number of para-hydroxylation sites is 1. The molecule has 0 fully saturated rings. The minimum atomic E-state index is -0.991. The Morgan fingerprint density at radius 1 is 1.57 bits per heavy atom. The Labute approximate surface area is 78.0 Å². The highest BCUT2D eigenvalue weighted by Gasteiger charge is 2.11. The van der Waals surface area contributed by atoms with E-state index in [0.717, 1.165) is 0 Å². The summed E-state index contributed by atoms with van der Waals surface area (Å²) in [5.41, 5.74) is 0.958. The first-order chi connectivity index (χ1) is 6.66. The van der Waals surface area contributed by atoms with Crippen molar-refractivity contribution in [1.82, 2.24) is 4.98 Å². The number of rotatable bonds is 2. The van der Waals surface area contributed by atoms with Gasteiger partial charge in [0, 0.05) is 5.56 Å². The molecule has 0 atom stereocenters. The van der Waals surface area contributed by atoms with E-state index >= 15 is 0 Å². The van der Waals surface area contributed by atoms with E-state index in [1.165, 1.54) is 0 Å². The first kappa shape index (κ1) is 8.68. The number of nitrogens with zero attached hydrogens (tertiary/aromatic N) is 1. The first-order valence-corrected chi connectivity index (χ1v) is 3.92.